The summed E-state index contributed by atoms with van der Waals surface area (Å²) in [7, 11) is 0. The summed E-state index contributed by atoms with van der Waals surface area (Å²) in [6.07, 6.45) is 1.35. The van der Waals surface area contributed by atoms with Gasteiger partial charge >= 0.3 is 6.09 Å². The minimum Gasteiger partial charge on any atom is -0.448 e. The summed E-state index contributed by atoms with van der Waals surface area (Å²) in [5.74, 6) is 0.609. The highest BCUT2D eigenvalue weighted by Crippen LogP contribution is 2.09. The van der Waals surface area contributed by atoms with E-state index in [-0.39, 0.29) is 6.09 Å². The molecule has 1 saturated heterocycles. The van der Waals surface area contributed by atoms with Gasteiger partial charge in [-0.25, -0.2) is 14.8 Å². The second-order valence-corrected chi connectivity index (χ2v) is 3.64. The van der Waals surface area contributed by atoms with E-state index in [0.717, 1.165) is 4.60 Å². The van der Waals surface area contributed by atoms with Crippen LogP contribution in [-0.4, -0.2) is 34.1 Å². The van der Waals surface area contributed by atoms with Crippen molar-refractivity contribution < 1.29 is 9.53 Å². The largest absolute Gasteiger partial charge is 0.448 e. The molecule has 2 heterocycles. The molecule has 1 amide bonds. The monoisotopic (exact) mass is 257 g/mol. The molecule has 0 atom stereocenters. The minimum atomic E-state index is -0.298. The van der Waals surface area contributed by atoms with Gasteiger partial charge in [-0.2, -0.15) is 0 Å². The number of nitrogens with zero attached hydrogens (tertiary/aromatic N) is 3. The Labute approximate surface area is 89.2 Å². The Hall–Kier alpha value is -1.17. The highest BCUT2D eigenvalue weighted by atomic mass is 79.9. The second-order valence-electron chi connectivity index (χ2n) is 2.83. The molecule has 0 spiro atoms. The molecule has 2 rings (SSSR count). The van der Waals surface area contributed by atoms with E-state index < -0.39 is 0 Å². The molecular formula is C8H8BrN3O2. The molecule has 0 aromatic carbocycles. The molecule has 0 aliphatic carbocycles. The average molecular weight is 258 g/mol. The molecule has 1 fully saturated rings. The molecular weight excluding hydrogens is 250 g/mol. The van der Waals surface area contributed by atoms with E-state index in [1.165, 1.54) is 0 Å². The number of ether oxygens (including phenoxy) is 1. The van der Waals surface area contributed by atoms with E-state index in [9.17, 15) is 4.79 Å². The number of amides is 1. The number of carbonyl (C=O) groups is 1. The van der Waals surface area contributed by atoms with E-state index in [1.54, 1.807) is 17.2 Å². The first kappa shape index (κ1) is 9.39. The fourth-order valence-corrected chi connectivity index (χ4v) is 1.51. The molecule has 0 radical (unpaired) electrons. The summed E-state index contributed by atoms with van der Waals surface area (Å²) in [6, 6.07) is 1.74. The van der Waals surface area contributed by atoms with Gasteiger partial charge in [0.2, 0.25) is 0 Å². The summed E-state index contributed by atoms with van der Waals surface area (Å²) < 4.78 is 5.51. The van der Waals surface area contributed by atoms with E-state index in [2.05, 4.69) is 25.9 Å². The zero-order valence-corrected chi connectivity index (χ0v) is 8.90. The molecule has 1 aliphatic heterocycles. The smallest absolute Gasteiger partial charge is 0.410 e. The number of hydrogen-bond donors (Lipinski definition) is 0. The molecule has 1 aromatic heterocycles. The maximum absolute atomic E-state index is 11.1. The van der Waals surface area contributed by atoms with Gasteiger partial charge in [0, 0.05) is 6.20 Å². The predicted octanol–water partition coefficient (Wildman–Crippen LogP) is 1.19. The van der Waals surface area contributed by atoms with Crippen LogP contribution in [0.2, 0.25) is 0 Å². The van der Waals surface area contributed by atoms with Crippen LogP contribution >= 0.6 is 15.9 Å². The standard InChI is InChI=1S/C8H8BrN3O2/c9-6-1-2-10-7(11-6)5-12-3-4-14-8(12)13/h1-2H,3-5H2. The van der Waals surface area contributed by atoms with E-state index >= 15 is 0 Å². The van der Waals surface area contributed by atoms with Crippen molar-refractivity contribution >= 4 is 22.0 Å². The number of halogens is 1. The van der Waals surface area contributed by atoms with Crippen molar-refractivity contribution in [2.24, 2.45) is 0 Å². The Bertz CT molecular complexity index is 358. The molecule has 1 aliphatic rings. The van der Waals surface area contributed by atoms with Gasteiger partial charge in [0.05, 0.1) is 13.1 Å². The summed E-state index contributed by atoms with van der Waals surface area (Å²) in [6.45, 7) is 1.46. The van der Waals surface area contributed by atoms with Crippen LogP contribution in [0.25, 0.3) is 0 Å². The molecule has 0 saturated carbocycles. The van der Waals surface area contributed by atoms with Crippen LogP contribution < -0.4 is 0 Å². The van der Waals surface area contributed by atoms with Gasteiger partial charge < -0.3 is 4.74 Å². The topological polar surface area (TPSA) is 55.3 Å². The first-order valence-corrected chi connectivity index (χ1v) is 4.94. The molecule has 0 bridgehead atoms. The van der Waals surface area contributed by atoms with Gasteiger partial charge in [-0.1, -0.05) is 0 Å². The average Bonchev–Trinajstić information content (AvgIpc) is 2.52. The van der Waals surface area contributed by atoms with Crippen LogP contribution in [-0.2, 0) is 11.3 Å². The predicted molar refractivity (Wildman–Crippen MR) is 51.5 cm³/mol. The van der Waals surface area contributed by atoms with Crippen LogP contribution in [0.5, 0.6) is 0 Å². The number of cyclic esters (lactones) is 1. The van der Waals surface area contributed by atoms with Gasteiger partial charge in [0.1, 0.15) is 17.0 Å². The van der Waals surface area contributed by atoms with Gasteiger partial charge in [-0.15, -0.1) is 0 Å². The Kier molecular flexibility index (Phi) is 2.62. The lowest BCUT2D eigenvalue weighted by molar-refractivity contribution is 0.156. The molecule has 1 aromatic rings. The quantitative estimate of drug-likeness (QED) is 0.748. The minimum absolute atomic E-state index is 0.298. The number of rotatable bonds is 2. The molecule has 14 heavy (non-hydrogen) atoms. The third-order valence-electron chi connectivity index (χ3n) is 1.85. The lowest BCUT2D eigenvalue weighted by Gasteiger charge is -2.10. The number of hydrogen-bond acceptors (Lipinski definition) is 4. The third kappa shape index (κ3) is 2.01. The van der Waals surface area contributed by atoms with E-state index in [0.29, 0.717) is 25.5 Å². The van der Waals surface area contributed by atoms with Gasteiger partial charge in [-0.3, -0.25) is 4.90 Å². The Morgan fingerprint density at radius 3 is 3.14 bits per heavy atom. The Morgan fingerprint density at radius 2 is 2.50 bits per heavy atom. The summed E-state index contributed by atoms with van der Waals surface area (Å²) in [5.41, 5.74) is 0. The second kappa shape index (κ2) is 3.91. The van der Waals surface area contributed by atoms with Gasteiger partial charge in [0.25, 0.3) is 0 Å². The summed E-state index contributed by atoms with van der Waals surface area (Å²) in [5, 5.41) is 0. The maximum Gasteiger partial charge on any atom is 0.410 e. The van der Waals surface area contributed by atoms with Crippen molar-refractivity contribution in [1.82, 2.24) is 14.9 Å². The molecule has 6 heteroatoms. The highest BCUT2D eigenvalue weighted by Gasteiger charge is 2.22. The highest BCUT2D eigenvalue weighted by molar-refractivity contribution is 9.10. The van der Waals surface area contributed by atoms with Crippen LogP contribution in [0.15, 0.2) is 16.9 Å². The lowest BCUT2D eigenvalue weighted by atomic mass is 10.5. The van der Waals surface area contributed by atoms with Crippen LogP contribution in [0.4, 0.5) is 4.79 Å². The number of aromatic nitrogens is 2. The zero-order valence-electron chi connectivity index (χ0n) is 7.31. The van der Waals surface area contributed by atoms with Crippen molar-refractivity contribution in [3.8, 4) is 0 Å². The van der Waals surface area contributed by atoms with Gasteiger partial charge in [-0.05, 0) is 22.0 Å². The van der Waals surface area contributed by atoms with Crippen molar-refractivity contribution in [1.29, 1.82) is 0 Å². The first-order chi connectivity index (χ1) is 6.75. The van der Waals surface area contributed by atoms with Gasteiger partial charge in [0.15, 0.2) is 0 Å². The Morgan fingerprint density at radius 1 is 1.64 bits per heavy atom. The van der Waals surface area contributed by atoms with Crippen molar-refractivity contribution in [2.45, 2.75) is 6.54 Å². The van der Waals surface area contributed by atoms with E-state index in [1.807, 2.05) is 0 Å². The molecule has 5 nitrogen and oxygen atoms in total. The van der Waals surface area contributed by atoms with Crippen LogP contribution in [0, 0.1) is 0 Å². The van der Waals surface area contributed by atoms with Crippen LogP contribution in [0.3, 0.4) is 0 Å². The third-order valence-corrected chi connectivity index (χ3v) is 2.29. The van der Waals surface area contributed by atoms with Crippen molar-refractivity contribution in [3.63, 3.8) is 0 Å². The van der Waals surface area contributed by atoms with Crippen molar-refractivity contribution in [3.05, 3.63) is 22.7 Å². The molecule has 0 unspecified atom stereocenters. The lowest BCUT2D eigenvalue weighted by Crippen LogP contribution is -2.24. The Balaban J connectivity index is 2.07. The molecule has 74 valence electrons. The van der Waals surface area contributed by atoms with E-state index in [4.69, 9.17) is 4.74 Å². The summed E-state index contributed by atoms with van der Waals surface area (Å²) >= 11 is 3.24. The normalized spacial score (nSPS) is 15.8. The fraction of sp³-hybridized carbons (Fsp3) is 0.375. The SMILES string of the molecule is O=C1OCCN1Cc1nccc(Br)n1. The fourth-order valence-electron chi connectivity index (χ4n) is 1.19. The molecule has 0 N–H and O–H groups in total. The van der Waals surface area contributed by atoms with Crippen LogP contribution in [0.1, 0.15) is 5.82 Å². The zero-order chi connectivity index (χ0) is 9.97. The maximum atomic E-state index is 11.1. The first-order valence-electron chi connectivity index (χ1n) is 4.15. The summed E-state index contributed by atoms with van der Waals surface area (Å²) in [4.78, 5) is 20.8. The van der Waals surface area contributed by atoms with Crippen molar-refractivity contribution in [2.75, 3.05) is 13.2 Å². The number of carbonyl (C=O) groups excluding carboxylic acids is 1.